The van der Waals surface area contributed by atoms with Crippen LogP contribution in [0.1, 0.15) is 12.5 Å². The predicted octanol–water partition coefficient (Wildman–Crippen LogP) is 4.97. The number of benzene rings is 2. The molecule has 150 valence electrons. The number of hydrogen-bond acceptors (Lipinski definition) is 5. The Labute approximate surface area is 178 Å². The van der Waals surface area contributed by atoms with Gasteiger partial charge in [-0.25, -0.2) is 0 Å². The largest absolute Gasteiger partial charge is 0.497 e. The second kappa shape index (κ2) is 10.9. The number of halogens is 1. The highest BCUT2D eigenvalue weighted by Gasteiger charge is 2.14. The standard InChI is InChI=1S/C22H21BrN2O4/c1-4-10-29-21-13-19(23)15(12-20(21)28-5-2)11-16(14-24)22(26)25-17-6-8-18(27-3)9-7-17/h4,6-9,11-13H,1,5,10H2,2-3H3,(H,25,26)/b16-11+. The monoisotopic (exact) mass is 456 g/mol. The van der Waals surface area contributed by atoms with Crippen molar-refractivity contribution >= 4 is 33.6 Å². The molecule has 0 spiro atoms. The van der Waals surface area contributed by atoms with Gasteiger partial charge < -0.3 is 19.5 Å². The normalized spacial score (nSPS) is 10.6. The molecule has 1 amide bonds. The zero-order chi connectivity index (χ0) is 21.2. The molecule has 0 aromatic heterocycles. The van der Waals surface area contributed by atoms with Gasteiger partial charge in [-0.1, -0.05) is 28.6 Å². The van der Waals surface area contributed by atoms with Gasteiger partial charge in [0, 0.05) is 10.2 Å². The van der Waals surface area contributed by atoms with Gasteiger partial charge in [-0.05, 0) is 55.0 Å². The van der Waals surface area contributed by atoms with E-state index < -0.39 is 5.91 Å². The molecule has 0 unspecified atom stereocenters. The third kappa shape index (κ3) is 6.13. The van der Waals surface area contributed by atoms with E-state index in [1.807, 2.05) is 13.0 Å². The van der Waals surface area contributed by atoms with Crippen molar-refractivity contribution < 1.29 is 19.0 Å². The van der Waals surface area contributed by atoms with Crippen LogP contribution in [-0.4, -0.2) is 26.2 Å². The molecule has 0 aliphatic heterocycles. The lowest BCUT2D eigenvalue weighted by Gasteiger charge is -2.13. The highest BCUT2D eigenvalue weighted by Crippen LogP contribution is 2.35. The summed E-state index contributed by atoms with van der Waals surface area (Å²) in [5.41, 5.74) is 1.11. The predicted molar refractivity (Wildman–Crippen MR) is 116 cm³/mol. The molecule has 7 heteroatoms. The molecule has 2 aromatic rings. The molecule has 0 atom stereocenters. The first-order chi connectivity index (χ1) is 14.0. The summed E-state index contributed by atoms with van der Waals surface area (Å²) in [5.74, 6) is 1.20. The molecule has 0 bridgehead atoms. The molecule has 2 rings (SSSR count). The summed E-state index contributed by atoms with van der Waals surface area (Å²) in [4.78, 5) is 12.5. The van der Waals surface area contributed by atoms with Crippen LogP contribution in [0, 0.1) is 11.3 Å². The van der Waals surface area contributed by atoms with Crippen LogP contribution in [0.2, 0.25) is 0 Å². The molecule has 0 aliphatic carbocycles. The molecule has 0 aliphatic rings. The van der Waals surface area contributed by atoms with E-state index in [4.69, 9.17) is 14.2 Å². The maximum Gasteiger partial charge on any atom is 0.266 e. The van der Waals surface area contributed by atoms with E-state index in [2.05, 4.69) is 27.8 Å². The van der Waals surface area contributed by atoms with Crippen LogP contribution in [0.4, 0.5) is 5.69 Å². The number of nitrogens with one attached hydrogen (secondary N) is 1. The molecule has 0 heterocycles. The Morgan fingerprint density at radius 1 is 1.24 bits per heavy atom. The summed E-state index contributed by atoms with van der Waals surface area (Å²) in [5, 5.41) is 12.2. The quantitative estimate of drug-likeness (QED) is 0.327. The first-order valence-electron chi connectivity index (χ1n) is 8.79. The van der Waals surface area contributed by atoms with Crippen LogP contribution in [-0.2, 0) is 4.79 Å². The average Bonchev–Trinajstić information content (AvgIpc) is 2.73. The Balaban J connectivity index is 2.30. The fourth-order valence-corrected chi connectivity index (χ4v) is 2.80. The molecule has 0 radical (unpaired) electrons. The van der Waals surface area contributed by atoms with E-state index in [0.717, 1.165) is 0 Å². The second-order valence-electron chi connectivity index (χ2n) is 5.71. The van der Waals surface area contributed by atoms with Crippen molar-refractivity contribution in [3.8, 4) is 23.3 Å². The summed E-state index contributed by atoms with van der Waals surface area (Å²) in [6.07, 6.45) is 3.12. The Morgan fingerprint density at radius 3 is 2.52 bits per heavy atom. The Hall–Kier alpha value is -3.24. The van der Waals surface area contributed by atoms with Crippen LogP contribution < -0.4 is 19.5 Å². The third-order valence-corrected chi connectivity index (χ3v) is 4.42. The summed E-state index contributed by atoms with van der Waals surface area (Å²) >= 11 is 3.45. The van der Waals surface area contributed by atoms with Crippen LogP contribution in [0.25, 0.3) is 6.08 Å². The maximum atomic E-state index is 12.5. The van der Waals surface area contributed by atoms with Crippen molar-refractivity contribution in [1.82, 2.24) is 0 Å². The Morgan fingerprint density at radius 2 is 1.93 bits per heavy atom. The summed E-state index contributed by atoms with van der Waals surface area (Å²) in [6, 6.07) is 12.2. The van der Waals surface area contributed by atoms with Crippen LogP contribution in [0.15, 0.2) is 59.1 Å². The fraction of sp³-hybridized carbons (Fsp3) is 0.182. The SMILES string of the molecule is C=CCOc1cc(Br)c(/C=C(\C#N)C(=O)Nc2ccc(OC)cc2)cc1OCC. The van der Waals surface area contributed by atoms with Crippen LogP contribution in [0.5, 0.6) is 17.2 Å². The molecule has 6 nitrogen and oxygen atoms in total. The summed E-state index contributed by atoms with van der Waals surface area (Å²) in [7, 11) is 1.56. The average molecular weight is 457 g/mol. The topological polar surface area (TPSA) is 80.6 Å². The number of amides is 1. The smallest absolute Gasteiger partial charge is 0.266 e. The highest BCUT2D eigenvalue weighted by molar-refractivity contribution is 9.10. The van der Waals surface area contributed by atoms with Gasteiger partial charge >= 0.3 is 0 Å². The van der Waals surface area contributed by atoms with Gasteiger partial charge in [0.2, 0.25) is 0 Å². The van der Waals surface area contributed by atoms with E-state index in [9.17, 15) is 10.1 Å². The van der Waals surface area contributed by atoms with E-state index in [1.165, 1.54) is 6.08 Å². The number of rotatable bonds is 9. The minimum atomic E-state index is -0.519. The first-order valence-corrected chi connectivity index (χ1v) is 9.58. The fourth-order valence-electron chi connectivity index (χ4n) is 2.37. The molecule has 29 heavy (non-hydrogen) atoms. The number of carbonyl (C=O) groups is 1. The zero-order valence-electron chi connectivity index (χ0n) is 16.2. The molecule has 2 aromatic carbocycles. The number of ether oxygens (including phenoxy) is 3. The van der Waals surface area contributed by atoms with Crippen molar-refractivity contribution in [2.75, 3.05) is 25.6 Å². The van der Waals surface area contributed by atoms with Gasteiger partial charge in [-0.3, -0.25) is 4.79 Å². The number of anilines is 1. The number of nitrogens with zero attached hydrogens (tertiary/aromatic N) is 1. The van der Waals surface area contributed by atoms with Crippen LogP contribution in [0.3, 0.4) is 0 Å². The third-order valence-electron chi connectivity index (χ3n) is 3.73. The lowest BCUT2D eigenvalue weighted by atomic mass is 10.1. The van der Waals surface area contributed by atoms with Crippen molar-refractivity contribution in [2.24, 2.45) is 0 Å². The summed E-state index contributed by atoms with van der Waals surface area (Å²) in [6.45, 7) is 6.26. The van der Waals surface area contributed by atoms with Crippen LogP contribution >= 0.6 is 15.9 Å². The number of hydrogen-bond donors (Lipinski definition) is 1. The van der Waals surface area contributed by atoms with Crippen molar-refractivity contribution in [3.63, 3.8) is 0 Å². The maximum absolute atomic E-state index is 12.5. The first kappa shape index (κ1) is 22.1. The van der Waals surface area contributed by atoms with Gasteiger partial charge in [0.25, 0.3) is 5.91 Å². The van der Waals surface area contributed by atoms with E-state index in [1.54, 1.807) is 49.6 Å². The van der Waals surface area contributed by atoms with Gasteiger partial charge in [0.1, 0.15) is 24.0 Å². The van der Waals surface area contributed by atoms with Crippen molar-refractivity contribution in [2.45, 2.75) is 6.92 Å². The Kier molecular flexibility index (Phi) is 8.31. The molecule has 1 N–H and O–H groups in total. The van der Waals surface area contributed by atoms with Crippen molar-refractivity contribution in [3.05, 3.63) is 64.7 Å². The van der Waals surface area contributed by atoms with E-state index in [-0.39, 0.29) is 5.57 Å². The number of methoxy groups -OCH3 is 1. The molecule has 0 saturated heterocycles. The lowest BCUT2D eigenvalue weighted by molar-refractivity contribution is -0.112. The molecular formula is C22H21BrN2O4. The zero-order valence-corrected chi connectivity index (χ0v) is 17.8. The van der Waals surface area contributed by atoms with Gasteiger partial charge in [0.05, 0.1) is 13.7 Å². The van der Waals surface area contributed by atoms with Gasteiger partial charge in [0.15, 0.2) is 11.5 Å². The minimum Gasteiger partial charge on any atom is -0.497 e. The minimum absolute atomic E-state index is 0.0521. The molecule has 0 saturated carbocycles. The number of carbonyl (C=O) groups excluding carboxylic acids is 1. The highest BCUT2D eigenvalue weighted by atomic mass is 79.9. The summed E-state index contributed by atoms with van der Waals surface area (Å²) < 4.78 is 17.0. The second-order valence-corrected chi connectivity index (χ2v) is 6.56. The number of nitriles is 1. The van der Waals surface area contributed by atoms with Gasteiger partial charge in [-0.2, -0.15) is 5.26 Å². The van der Waals surface area contributed by atoms with E-state index >= 15 is 0 Å². The molecular weight excluding hydrogens is 436 g/mol. The van der Waals surface area contributed by atoms with E-state index in [0.29, 0.717) is 46.2 Å². The van der Waals surface area contributed by atoms with Gasteiger partial charge in [-0.15, -0.1) is 0 Å². The Bertz CT molecular complexity index is 947. The lowest BCUT2D eigenvalue weighted by Crippen LogP contribution is -2.13. The van der Waals surface area contributed by atoms with Crippen molar-refractivity contribution in [1.29, 1.82) is 5.26 Å². The molecule has 0 fully saturated rings.